The van der Waals surface area contributed by atoms with Crippen molar-refractivity contribution in [3.05, 3.63) is 0 Å². The molecule has 3 unspecified atom stereocenters. The number of piperidine rings is 1. The number of hydrogen-bond acceptors (Lipinski definition) is 3. The number of rotatable bonds is 9. The average Bonchev–Trinajstić information content (AvgIpc) is 2.45. The minimum Gasteiger partial charge on any atom is -0.480 e. The largest absolute Gasteiger partial charge is 0.480 e. The first-order chi connectivity index (χ1) is 9.89. The van der Waals surface area contributed by atoms with Crippen LogP contribution in [-0.2, 0) is 4.79 Å². The van der Waals surface area contributed by atoms with Crippen LogP contribution in [0.15, 0.2) is 0 Å². The number of nitrogens with one attached hydrogen (secondary N) is 1. The first kappa shape index (κ1) is 18.4. The van der Waals surface area contributed by atoms with Gasteiger partial charge in [-0.2, -0.15) is 0 Å². The highest BCUT2D eigenvalue weighted by molar-refractivity contribution is 5.78. The molecule has 0 aromatic carbocycles. The van der Waals surface area contributed by atoms with E-state index < -0.39 is 11.5 Å². The highest BCUT2D eigenvalue weighted by Gasteiger charge is 2.31. The standard InChI is InChI=1S/C17H34N2O2/c1-5-10-18-17(4,16(20)21)9-6-7-11-19-12-8-14(2)15(3)13-19/h14-15,18H,5-13H2,1-4H3,(H,20,21). The molecule has 0 aliphatic carbocycles. The van der Waals surface area contributed by atoms with Crippen molar-refractivity contribution in [2.45, 2.75) is 65.3 Å². The van der Waals surface area contributed by atoms with E-state index in [1.165, 1.54) is 19.5 Å². The molecule has 1 heterocycles. The fraction of sp³-hybridized carbons (Fsp3) is 0.941. The Morgan fingerprint density at radius 2 is 2.05 bits per heavy atom. The number of carboxylic acid groups (broad SMARTS) is 1. The van der Waals surface area contributed by atoms with E-state index in [9.17, 15) is 9.90 Å². The zero-order chi connectivity index (χ0) is 15.9. The van der Waals surface area contributed by atoms with Crippen LogP contribution in [0.1, 0.15) is 59.8 Å². The second-order valence-electron chi connectivity index (χ2n) is 7.06. The molecule has 2 N–H and O–H groups in total. The Morgan fingerprint density at radius 1 is 1.33 bits per heavy atom. The summed E-state index contributed by atoms with van der Waals surface area (Å²) in [6.45, 7) is 12.8. The molecule has 0 saturated carbocycles. The van der Waals surface area contributed by atoms with E-state index in [0.29, 0.717) is 6.42 Å². The first-order valence-electron chi connectivity index (χ1n) is 8.60. The molecule has 0 bridgehead atoms. The van der Waals surface area contributed by atoms with E-state index >= 15 is 0 Å². The lowest BCUT2D eigenvalue weighted by Crippen LogP contribution is -2.49. The molecule has 0 aromatic rings. The molecule has 3 atom stereocenters. The predicted molar refractivity (Wildman–Crippen MR) is 87.6 cm³/mol. The Bertz CT molecular complexity index is 322. The lowest BCUT2D eigenvalue weighted by atomic mass is 9.88. The van der Waals surface area contributed by atoms with Gasteiger partial charge in [0.1, 0.15) is 5.54 Å². The summed E-state index contributed by atoms with van der Waals surface area (Å²) in [4.78, 5) is 14.0. The van der Waals surface area contributed by atoms with Crippen molar-refractivity contribution >= 4 is 5.97 Å². The molecular formula is C17H34N2O2. The molecule has 21 heavy (non-hydrogen) atoms. The number of aliphatic carboxylic acids is 1. The molecule has 0 aromatic heterocycles. The predicted octanol–water partition coefficient (Wildman–Crippen LogP) is 2.98. The van der Waals surface area contributed by atoms with Crippen LogP contribution in [0.4, 0.5) is 0 Å². The Balaban J connectivity index is 2.27. The Kier molecular flexibility index (Phi) is 7.67. The van der Waals surface area contributed by atoms with Crippen LogP contribution in [0, 0.1) is 11.8 Å². The Morgan fingerprint density at radius 3 is 2.62 bits per heavy atom. The van der Waals surface area contributed by atoms with Crippen LogP contribution in [-0.4, -0.2) is 47.7 Å². The van der Waals surface area contributed by atoms with Gasteiger partial charge in [-0.25, -0.2) is 0 Å². The smallest absolute Gasteiger partial charge is 0.323 e. The second kappa shape index (κ2) is 8.74. The van der Waals surface area contributed by atoms with Crippen molar-refractivity contribution < 1.29 is 9.90 Å². The van der Waals surface area contributed by atoms with Crippen molar-refractivity contribution in [2.75, 3.05) is 26.2 Å². The first-order valence-corrected chi connectivity index (χ1v) is 8.60. The minimum atomic E-state index is -0.764. The van der Waals surface area contributed by atoms with Gasteiger partial charge in [0, 0.05) is 6.54 Å². The summed E-state index contributed by atoms with van der Waals surface area (Å²) in [6.07, 6.45) is 5.04. The number of hydrogen-bond donors (Lipinski definition) is 2. The zero-order valence-electron chi connectivity index (χ0n) is 14.3. The summed E-state index contributed by atoms with van der Waals surface area (Å²) in [7, 11) is 0. The van der Waals surface area contributed by atoms with E-state index in [4.69, 9.17) is 0 Å². The van der Waals surface area contributed by atoms with E-state index in [1.807, 2.05) is 6.92 Å². The van der Waals surface area contributed by atoms with Crippen molar-refractivity contribution in [1.29, 1.82) is 0 Å². The van der Waals surface area contributed by atoms with Crippen molar-refractivity contribution in [2.24, 2.45) is 11.8 Å². The third kappa shape index (κ3) is 5.95. The quantitative estimate of drug-likeness (QED) is 0.643. The lowest BCUT2D eigenvalue weighted by Gasteiger charge is -2.35. The summed E-state index contributed by atoms with van der Waals surface area (Å²) in [6, 6.07) is 0. The number of carboxylic acids is 1. The van der Waals surface area contributed by atoms with Crippen LogP contribution in [0.25, 0.3) is 0 Å². The third-order valence-corrected chi connectivity index (χ3v) is 5.06. The minimum absolute atomic E-state index is 0.710. The maximum absolute atomic E-state index is 11.4. The fourth-order valence-electron chi connectivity index (χ4n) is 3.04. The fourth-order valence-corrected chi connectivity index (χ4v) is 3.04. The van der Waals surface area contributed by atoms with E-state index in [-0.39, 0.29) is 0 Å². The topological polar surface area (TPSA) is 52.6 Å². The maximum Gasteiger partial charge on any atom is 0.323 e. The number of carbonyl (C=O) groups is 1. The molecule has 0 amide bonds. The summed E-state index contributed by atoms with van der Waals surface area (Å²) >= 11 is 0. The summed E-state index contributed by atoms with van der Waals surface area (Å²) in [5, 5.41) is 12.6. The lowest BCUT2D eigenvalue weighted by molar-refractivity contribution is -0.144. The molecule has 1 aliphatic rings. The van der Waals surface area contributed by atoms with Crippen LogP contribution in [0.2, 0.25) is 0 Å². The van der Waals surface area contributed by atoms with Gasteiger partial charge in [0.25, 0.3) is 0 Å². The summed E-state index contributed by atoms with van der Waals surface area (Å²) < 4.78 is 0. The number of unbranched alkanes of at least 4 members (excludes halogenated alkanes) is 1. The SMILES string of the molecule is CCCNC(C)(CCCCN1CCC(C)C(C)C1)C(=O)O. The molecule has 1 rings (SSSR count). The average molecular weight is 298 g/mol. The van der Waals surface area contributed by atoms with Gasteiger partial charge in [0.15, 0.2) is 0 Å². The maximum atomic E-state index is 11.4. The molecule has 4 nitrogen and oxygen atoms in total. The summed E-state index contributed by atoms with van der Waals surface area (Å²) in [5.41, 5.74) is -0.764. The number of nitrogens with zero attached hydrogens (tertiary/aromatic N) is 1. The van der Waals surface area contributed by atoms with Gasteiger partial charge in [-0.15, -0.1) is 0 Å². The van der Waals surface area contributed by atoms with Crippen molar-refractivity contribution in [3.8, 4) is 0 Å². The molecule has 1 saturated heterocycles. The molecule has 124 valence electrons. The second-order valence-corrected chi connectivity index (χ2v) is 7.06. The molecule has 4 heteroatoms. The molecule has 0 spiro atoms. The highest BCUT2D eigenvalue weighted by atomic mass is 16.4. The molecule has 1 aliphatic heterocycles. The third-order valence-electron chi connectivity index (χ3n) is 5.06. The van der Waals surface area contributed by atoms with E-state index in [0.717, 1.165) is 44.2 Å². The van der Waals surface area contributed by atoms with Gasteiger partial charge in [-0.05, 0) is 70.5 Å². The Labute approximate surface area is 130 Å². The Hall–Kier alpha value is -0.610. The van der Waals surface area contributed by atoms with Crippen LogP contribution < -0.4 is 5.32 Å². The van der Waals surface area contributed by atoms with E-state index in [1.54, 1.807) is 0 Å². The van der Waals surface area contributed by atoms with Crippen LogP contribution in [0.5, 0.6) is 0 Å². The van der Waals surface area contributed by atoms with Crippen LogP contribution >= 0.6 is 0 Å². The zero-order valence-corrected chi connectivity index (χ0v) is 14.3. The number of likely N-dealkylation sites (tertiary alicyclic amines) is 1. The van der Waals surface area contributed by atoms with Crippen molar-refractivity contribution in [3.63, 3.8) is 0 Å². The van der Waals surface area contributed by atoms with Crippen molar-refractivity contribution in [1.82, 2.24) is 10.2 Å². The van der Waals surface area contributed by atoms with Gasteiger partial charge in [-0.3, -0.25) is 4.79 Å². The van der Waals surface area contributed by atoms with E-state index in [2.05, 4.69) is 31.0 Å². The van der Waals surface area contributed by atoms with Gasteiger partial charge in [-0.1, -0.05) is 20.8 Å². The highest BCUT2D eigenvalue weighted by Crippen LogP contribution is 2.23. The normalized spacial score (nSPS) is 26.5. The molecule has 0 radical (unpaired) electrons. The summed E-state index contributed by atoms with van der Waals surface area (Å²) in [5.74, 6) is 0.903. The van der Waals surface area contributed by atoms with Crippen LogP contribution in [0.3, 0.4) is 0 Å². The van der Waals surface area contributed by atoms with Gasteiger partial charge in [0.2, 0.25) is 0 Å². The molecule has 1 fully saturated rings. The molecular weight excluding hydrogens is 264 g/mol. The van der Waals surface area contributed by atoms with Gasteiger partial charge < -0.3 is 15.3 Å². The monoisotopic (exact) mass is 298 g/mol. The van der Waals surface area contributed by atoms with Gasteiger partial charge >= 0.3 is 5.97 Å². The van der Waals surface area contributed by atoms with Gasteiger partial charge in [0.05, 0.1) is 0 Å².